The molecule has 0 rings (SSSR count). The van der Waals surface area contributed by atoms with Crippen LogP contribution in [0.4, 0.5) is 0 Å². The third-order valence-electron chi connectivity index (χ3n) is 0.670. The number of nitrogens with two attached hydrogens (primary N) is 2. The zero-order chi connectivity index (χ0) is 6.57. The van der Waals surface area contributed by atoms with Crippen LogP contribution in [-0.4, -0.2) is 17.6 Å². The quantitative estimate of drug-likeness (QED) is 0.173. The van der Waals surface area contributed by atoms with Crippen LogP contribution in [0, 0.1) is 10.1 Å². The van der Waals surface area contributed by atoms with Crippen LogP contribution in [0.2, 0.25) is 0 Å². The van der Waals surface area contributed by atoms with Gasteiger partial charge in [0.1, 0.15) is 0 Å². The molecule has 48 valence electrons. The lowest BCUT2D eigenvalue weighted by atomic mass is 10.5. The highest BCUT2D eigenvalue weighted by molar-refractivity contribution is 4.45. The van der Waals surface area contributed by atoms with Gasteiger partial charge in [-0.05, 0) is 0 Å². The molecule has 6 nitrogen and oxygen atoms in total. The first kappa shape index (κ1) is 7.28. The Balaban J connectivity index is 3.52. The number of nitro groups is 1. The van der Waals surface area contributed by atoms with Crippen molar-refractivity contribution in [1.82, 2.24) is 5.43 Å². The van der Waals surface area contributed by atoms with Gasteiger partial charge in [-0.3, -0.25) is 16.0 Å². The molecule has 6 heteroatoms. The average molecular weight is 120 g/mol. The Morgan fingerprint density at radius 3 is 2.38 bits per heavy atom. The SMILES string of the molecule is NCC(NN)[N+](=O)[O-]. The Hall–Kier alpha value is -0.720. The van der Waals surface area contributed by atoms with Gasteiger partial charge >= 0.3 is 0 Å². The minimum atomic E-state index is -1.02. The van der Waals surface area contributed by atoms with Gasteiger partial charge in [-0.2, -0.15) is 5.43 Å². The van der Waals surface area contributed by atoms with E-state index in [-0.39, 0.29) is 6.54 Å². The molecule has 0 aliphatic rings. The summed E-state index contributed by atoms with van der Waals surface area (Å²) in [6.07, 6.45) is -1.02. The van der Waals surface area contributed by atoms with Crippen LogP contribution in [0.15, 0.2) is 0 Å². The molecule has 0 bridgehead atoms. The van der Waals surface area contributed by atoms with E-state index in [1.54, 1.807) is 0 Å². The van der Waals surface area contributed by atoms with Crippen LogP contribution in [0.5, 0.6) is 0 Å². The largest absolute Gasteiger partial charge is 0.323 e. The van der Waals surface area contributed by atoms with E-state index in [0.717, 1.165) is 0 Å². The second-order valence-electron chi connectivity index (χ2n) is 1.20. The minimum absolute atomic E-state index is 0.0938. The molecule has 0 fully saturated rings. The smallest absolute Gasteiger partial charge is 0.289 e. The molecule has 0 aliphatic heterocycles. The third kappa shape index (κ3) is 1.82. The summed E-state index contributed by atoms with van der Waals surface area (Å²) in [5.41, 5.74) is 6.83. The van der Waals surface area contributed by atoms with Crippen molar-refractivity contribution in [2.75, 3.05) is 6.54 Å². The maximum Gasteiger partial charge on any atom is 0.289 e. The van der Waals surface area contributed by atoms with Crippen LogP contribution < -0.4 is 17.0 Å². The highest BCUT2D eigenvalue weighted by Crippen LogP contribution is 1.74. The molecule has 0 aromatic rings. The first-order valence-electron chi connectivity index (χ1n) is 2.02. The lowest BCUT2D eigenvalue weighted by molar-refractivity contribution is -0.526. The maximum atomic E-state index is 9.74. The van der Waals surface area contributed by atoms with Crippen molar-refractivity contribution >= 4 is 0 Å². The van der Waals surface area contributed by atoms with Gasteiger partial charge in [0.25, 0.3) is 6.17 Å². The molecular weight excluding hydrogens is 112 g/mol. The summed E-state index contributed by atoms with van der Waals surface area (Å²) in [5, 5.41) is 9.74. The van der Waals surface area contributed by atoms with Crippen molar-refractivity contribution in [3.05, 3.63) is 10.1 Å². The zero-order valence-corrected chi connectivity index (χ0v) is 4.20. The molecule has 0 aliphatic carbocycles. The first-order chi connectivity index (χ1) is 3.72. The fraction of sp³-hybridized carbons (Fsp3) is 1.00. The highest BCUT2D eigenvalue weighted by atomic mass is 16.6. The second kappa shape index (κ2) is 3.30. The number of hydrazine groups is 1. The highest BCUT2D eigenvalue weighted by Gasteiger charge is 2.12. The fourth-order valence-electron chi connectivity index (χ4n) is 0.215. The summed E-state index contributed by atoms with van der Waals surface area (Å²) in [7, 11) is 0. The van der Waals surface area contributed by atoms with Crippen LogP contribution in [0.25, 0.3) is 0 Å². The van der Waals surface area contributed by atoms with E-state index in [2.05, 4.69) is 0 Å². The molecule has 0 saturated heterocycles. The summed E-state index contributed by atoms with van der Waals surface area (Å²) in [6.45, 7) is -0.0938. The summed E-state index contributed by atoms with van der Waals surface area (Å²) < 4.78 is 0. The zero-order valence-electron chi connectivity index (χ0n) is 4.20. The molecule has 0 radical (unpaired) electrons. The number of rotatable bonds is 3. The van der Waals surface area contributed by atoms with Crippen molar-refractivity contribution in [3.63, 3.8) is 0 Å². The average Bonchev–Trinajstić information content (AvgIpc) is 1.69. The van der Waals surface area contributed by atoms with Crippen LogP contribution >= 0.6 is 0 Å². The van der Waals surface area contributed by atoms with Crippen molar-refractivity contribution in [3.8, 4) is 0 Å². The predicted molar refractivity (Wildman–Crippen MR) is 27.2 cm³/mol. The molecule has 0 aromatic carbocycles. The molecule has 0 aromatic heterocycles. The molecule has 0 spiro atoms. The summed E-state index contributed by atoms with van der Waals surface area (Å²) >= 11 is 0. The van der Waals surface area contributed by atoms with E-state index in [1.807, 2.05) is 5.43 Å². The van der Waals surface area contributed by atoms with Crippen LogP contribution in [0.3, 0.4) is 0 Å². The van der Waals surface area contributed by atoms with Gasteiger partial charge in [-0.1, -0.05) is 0 Å². The van der Waals surface area contributed by atoms with Crippen molar-refractivity contribution < 1.29 is 4.92 Å². The topological polar surface area (TPSA) is 107 Å². The first-order valence-corrected chi connectivity index (χ1v) is 2.02. The lowest BCUT2D eigenvalue weighted by Crippen LogP contribution is -2.46. The Labute approximate surface area is 46.0 Å². The molecule has 0 saturated carbocycles. The van der Waals surface area contributed by atoms with Crippen molar-refractivity contribution in [2.45, 2.75) is 6.17 Å². The van der Waals surface area contributed by atoms with Gasteiger partial charge < -0.3 is 5.73 Å². The van der Waals surface area contributed by atoms with E-state index < -0.39 is 11.1 Å². The van der Waals surface area contributed by atoms with E-state index in [9.17, 15) is 10.1 Å². The van der Waals surface area contributed by atoms with E-state index in [1.165, 1.54) is 0 Å². The lowest BCUT2D eigenvalue weighted by Gasteiger charge is -2.01. The van der Waals surface area contributed by atoms with Crippen molar-refractivity contribution in [2.24, 2.45) is 11.6 Å². The Bertz CT molecular complexity index is 80.1. The molecular formula is C2H8N4O2. The molecule has 0 heterocycles. The summed E-state index contributed by atoms with van der Waals surface area (Å²) in [4.78, 5) is 9.16. The predicted octanol–water partition coefficient (Wildman–Crippen LogP) is -1.99. The molecule has 1 unspecified atom stereocenters. The van der Waals surface area contributed by atoms with Gasteiger partial charge in [-0.25, -0.2) is 0 Å². The molecule has 1 atom stereocenters. The van der Waals surface area contributed by atoms with Crippen LogP contribution in [-0.2, 0) is 0 Å². The second-order valence-corrected chi connectivity index (χ2v) is 1.20. The summed E-state index contributed by atoms with van der Waals surface area (Å²) in [6, 6.07) is 0. The number of nitrogens with one attached hydrogen (secondary N) is 1. The molecule has 5 N–H and O–H groups in total. The van der Waals surface area contributed by atoms with E-state index >= 15 is 0 Å². The van der Waals surface area contributed by atoms with Crippen molar-refractivity contribution in [1.29, 1.82) is 0 Å². The van der Waals surface area contributed by atoms with Gasteiger partial charge in [0.15, 0.2) is 0 Å². The maximum absolute atomic E-state index is 9.74. The Kier molecular flexibility index (Phi) is 3.01. The minimum Gasteiger partial charge on any atom is -0.323 e. The van der Waals surface area contributed by atoms with Gasteiger partial charge in [0, 0.05) is 4.92 Å². The normalized spacial score (nSPS) is 13.2. The van der Waals surface area contributed by atoms with E-state index in [4.69, 9.17) is 11.6 Å². The Morgan fingerprint density at radius 2 is 2.38 bits per heavy atom. The number of nitrogens with zero attached hydrogens (tertiary/aromatic N) is 1. The molecule has 8 heavy (non-hydrogen) atoms. The fourth-order valence-corrected chi connectivity index (χ4v) is 0.215. The Morgan fingerprint density at radius 1 is 1.88 bits per heavy atom. The molecule has 0 amide bonds. The van der Waals surface area contributed by atoms with E-state index in [0.29, 0.717) is 0 Å². The number of hydrogen-bond donors (Lipinski definition) is 3. The third-order valence-corrected chi connectivity index (χ3v) is 0.670. The monoisotopic (exact) mass is 120 g/mol. The van der Waals surface area contributed by atoms with Gasteiger partial charge in [-0.15, -0.1) is 0 Å². The van der Waals surface area contributed by atoms with Gasteiger partial charge in [0.05, 0.1) is 6.54 Å². The van der Waals surface area contributed by atoms with Crippen LogP contribution in [0.1, 0.15) is 0 Å². The number of hydrogen-bond acceptors (Lipinski definition) is 5. The standard InChI is InChI=1S/C2H8N4O2/c3-1-2(5-4)6(7)8/h2,5H,1,3-4H2. The summed E-state index contributed by atoms with van der Waals surface area (Å²) in [5.74, 6) is 4.71. The van der Waals surface area contributed by atoms with Gasteiger partial charge in [0.2, 0.25) is 0 Å².